The summed E-state index contributed by atoms with van der Waals surface area (Å²) in [4.78, 5) is 0. The van der Waals surface area contributed by atoms with Crippen molar-refractivity contribution in [3.8, 4) is 0 Å². The maximum Gasteiger partial charge on any atom is 0.0555 e. The average Bonchev–Trinajstić information content (AvgIpc) is 2.21. The standard InChI is InChI=1S/C10H24N2O2/c13-9-7-11-5-3-1-2-4-6-12-8-10-14/h11-14H,1-10H2. The van der Waals surface area contributed by atoms with E-state index in [4.69, 9.17) is 10.2 Å². The van der Waals surface area contributed by atoms with Gasteiger partial charge in [0.2, 0.25) is 0 Å². The Hall–Kier alpha value is -0.160. The van der Waals surface area contributed by atoms with Crippen LogP contribution in [0.4, 0.5) is 0 Å². The van der Waals surface area contributed by atoms with Gasteiger partial charge in [0, 0.05) is 13.1 Å². The lowest BCUT2D eigenvalue weighted by molar-refractivity contribution is 0.290. The summed E-state index contributed by atoms with van der Waals surface area (Å²) in [6.45, 7) is 3.88. The van der Waals surface area contributed by atoms with Crippen LogP contribution in [0.25, 0.3) is 0 Å². The fourth-order valence-electron chi connectivity index (χ4n) is 1.26. The molecule has 0 unspecified atom stereocenters. The van der Waals surface area contributed by atoms with E-state index in [0.717, 1.165) is 13.1 Å². The van der Waals surface area contributed by atoms with Crippen molar-refractivity contribution in [2.45, 2.75) is 25.7 Å². The molecule has 0 fully saturated rings. The van der Waals surface area contributed by atoms with Crippen LogP contribution in [-0.4, -0.2) is 49.6 Å². The van der Waals surface area contributed by atoms with E-state index in [1.165, 1.54) is 25.7 Å². The SMILES string of the molecule is OCCNCCCCCCNCCO. The third-order valence-corrected chi connectivity index (χ3v) is 2.03. The summed E-state index contributed by atoms with van der Waals surface area (Å²) >= 11 is 0. The minimum atomic E-state index is 0.227. The molecule has 0 aliphatic heterocycles. The molecule has 0 rings (SSSR count). The van der Waals surface area contributed by atoms with Crippen LogP contribution in [0, 0.1) is 0 Å². The molecule has 14 heavy (non-hydrogen) atoms. The Bertz CT molecular complexity index is 90.1. The minimum absolute atomic E-state index is 0.227. The highest BCUT2D eigenvalue weighted by molar-refractivity contribution is 4.50. The van der Waals surface area contributed by atoms with Gasteiger partial charge in [-0.25, -0.2) is 0 Å². The van der Waals surface area contributed by atoms with Crippen molar-refractivity contribution in [1.82, 2.24) is 10.6 Å². The van der Waals surface area contributed by atoms with Crippen molar-refractivity contribution >= 4 is 0 Å². The van der Waals surface area contributed by atoms with Crippen LogP contribution in [0.2, 0.25) is 0 Å². The second-order valence-electron chi connectivity index (χ2n) is 3.36. The van der Waals surface area contributed by atoms with Gasteiger partial charge in [-0.05, 0) is 25.9 Å². The molecule has 4 heteroatoms. The highest BCUT2D eigenvalue weighted by atomic mass is 16.3. The number of aliphatic hydroxyl groups is 2. The lowest BCUT2D eigenvalue weighted by Gasteiger charge is -2.03. The smallest absolute Gasteiger partial charge is 0.0555 e. The second-order valence-corrected chi connectivity index (χ2v) is 3.36. The van der Waals surface area contributed by atoms with E-state index < -0.39 is 0 Å². The zero-order valence-electron chi connectivity index (χ0n) is 8.97. The van der Waals surface area contributed by atoms with Gasteiger partial charge >= 0.3 is 0 Å². The average molecular weight is 204 g/mol. The van der Waals surface area contributed by atoms with E-state index in [2.05, 4.69) is 10.6 Å². The molecule has 0 aromatic carbocycles. The summed E-state index contributed by atoms with van der Waals surface area (Å²) in [5.74, 6) is 0. The van der Waals surface area contributed by atoms with Crippen LogP contribution in [0.1, 0.15) is 25.7 Å². The summed E-state index contributed by atoms with van der Waals surface area (Å²) < 4.78 is 0. The van der Waals surface area contributed by atoms with E-state index >= 15 is 0 Å². The fourth-order valence-corrected chi connectivity index (χ4v) is 1.26. The van der Waals surface area contributed by atoms with Crippen LogP contribution in [0.3, 0.4) is 0 Å². The van der Waals surface area contributed by atoms with Crippen LogP contribution >= 0.6 is 0 Å². The first kappa shape index (κ1) is 13.8. The monoisotopic (exact) mass is 204 g/mol. The first-order valence-electron chi connectivity index (χ1n) is 5.55. The molecule has 0 aliphatic rings. The van der Waals surface area contributed by atoms with Crippen molar-refractivity contribution < 1.29 is 10.2 Å². The number of nitrogens with one attached hydrogen (secondary N) is 2. The normalized spacial score (nSPS) is 10.7. The predicted octanol–water partition coefficient (Wildman–Crippen LogP) is -0.289. The van der Waals surface area contributed by atoms with Gasteiger partial charge in [-0.15, -0.1) is 0 Å². The van der Waals surface area contributed by atoms with Crippen LogP contribution < -0.4 is 10.6 Å². The molecule has 0 aromatic heterocycles. The van der Waals surface area contributed by atoms with Gasteiger partial charge in [0.25, 0.3) is 0 Å². The quantitative estimate of drug-likeness (QED) is 0.349. The number of hydrogen-bond acceptors (Lipinski definition) is 4. The molecule has 0 heterocycles. The Morgan fingerprint density at radius 2 is 1.00 bits per heavy atom. The maximum absolute atomic E-state index is 8.50. The summed E-state index contributed by atoms with van der Waals surface area (Å²) in [5, 5.41) is 23.3. The molecular weight excluding hydrogens is 180 g/mol. The fraction of sp³-hybridized carbons (Fsp3) is 1.00. The topological polar surface area (TPSA) is 64.5 Å². The first-order valence-corrected chi connectivity index (χ1v) is 5.55. The molecule has 0 aliphatic carbocycles. The van der Waals surface area contributed by atoms with Crippen molar-refractivity contribution in [3.05, 3.63) is 0 Å². The molecule has 0 bridgehead atoms. The third kappa shape index (κ3) is 11.8. The van der Waals surface area contributed by atoms with E-state index in [1.807, 2.05) is 0 Å². The molecule has 4 nitrogen and oxygen atoms in total. The van der Waals surface area contributed by atoms with Gasteiger partial charge < -0.3 is 20.8 Å². The Balaban J connectivity index is 2.78. The number of rotatable bonds is 11. The predicted molar refractivity (Wildman–Crippen MR) is 58.4 cm³/mol. The van der Waals surface area contributed by atoms with Crippen LogP contribution in [0.5, 0.6) is 0 Å². The second kappa shape index (κ2) is 12.8. The number of unbranched alkanes of at least 4 members (excludes halogenated alkanes) is 3. The maximum atomic E-state index is 8.50. The zero-order chi connectivity index (χ0) is 10.5. The summed E-state index contributed by atoms with van der Waals surface area (Å²) in [5.41, 5.74) is 0. The Morgan fingerprint density at radius 1 is 0.571 bits per heavy atom. The summed E-state index contributed by atoms with van der Waals surface area (Å²) in [7, 11) is 0. The molecule has 0 atom stereocenters. The molecule has 0 aromatic rings. The van der Waals surface area contributed by atoms with Crippen LogP contribution in [0.15, 0.2) is 0 Å². The van der Waals surface area contributed by atoms with Gasteiger partial charge in [-0.2, -0.15) is 0 Å². The van der Waals surface area contributed by atoms with Crippen molar-refractivity contribution in [1.29, 1.82) is 0 Å². The highest BCUT2D eigenvalue weighted by Gasteiger charge is 1.90. The van der Waals surface area contributed by atoms with Gasteiger partial charge in [-0.3, -0.25) is 0 Å². The highest BCUT2D eigenvalue weighted by Crippen LogP contribution is 1.97. The summed E-state index contributed by atoms with van der Waals surface area (Å²) in [6.07, 6.45) is 4.83. The van der Waals surface area contributed by atoms with Crippen molar-refractivity contribution in [2.24, 2.45) is 0 Å². The van der Waals surface area contributed by atoms with E-state index in [-0.39, 0.29) is 13.2 Å². The van der Waals surface area contributed by atoms with Gasteiger partial charge in [0.05, 0.1) is 13.2 Å². The molecule has 0 amide bonds. The molecule has 0 radical (unpaired) electrons. The summed E-state index contributed by atoms with van der Waals surface area (Å²) in [6, 6.07) is 0. The minimum Gasteiger partial charge on any atom is -0.395 e. The van der Waals surface area contributed by atoms with E-state index in [0.29, 0.717) is 13.1 Å². The first-order chi connectivity index (χ1) is 6.91. The van der Waals surface area contributed by atoms with Gasteiger partial charge in [-0.1, -0.05) is 12.8 Å². The molecule has 0 saturated carbocycles. The zero-order valence-corrected chi connectivity index (χ0v) is 8.97. The Labute approximate surface area is 86.7 Å². The molecule has 86 valence electrons. The van der Waals surface area contributed by atoms with Gasteiger partial charge in [0.1, 0.15) is 0 Å². The molecule has 0 spiro atoms. The van der Waals surface area contributed by atoms with Crippen molar-refractivity contribution in [2.75, 3.05) is 39.4 Å². The number of aliphatic hydroxyl groups excluding tert-OH is 2. The number of hydrogen-bond donors (Lipinski definition) is 4. The third-order valence-electron chi connectivity index (χ3n) is 2.03. The van der Waals surface area contributed by atoms with Gasteiger partial charge in [0.15, 0.2) is 0 Å². The van der Waals surface area contributed by atoms with E-state index in [1.54, 1.807) is 0 Å². The molecule has 4 N–H and O–H groups in total. The van der Waals surface area contributed by atoms with Crippen molar-refractivity contribution in [3.63, 3.8) is 0 Å². The lowest BCUT2D eigenvalue weighted by Crippen LogP contribution is -2.20. The van der Waals surface area contributed by atoms with Crippen LogP contribution in [-0.2, 0) is 0 Å². The molecule has 0 saturated heterocycles. The largest absolute Gasteiger partial charge is 0.395 e. The molecular formula is C10H24N2O2. The lowest BCUT2D eigenvalue weighted by atomic mass is 10.2. The van der Waals surface area contributed by atoms with E-state index in [9.17, 15) is 0 Å². The Morgan fingerprint density at radius 3 is 1.36 bits per heavy atom. The Kier molecular flexibility index (Phi) is 12.7.